The average molecular weight is 383 g/mol. The average Bonchev–Trinajstić information content (AvgIpc) is 3.13. The molecule has 0 atom stereocenters. The highest BCUT2D eigenvalue weighted by molar-refractivity contribution is 6.07. The monoisotopic (exact) mass is 383 g/mol. The fraction of sp³-hybridized carbons (Fsp3) is 0.0526. The minimum absolute atomic E-state index is 0.133. The van der Waals surface area contributed by atoms with Gasteiger partial charge in [0.05, 0.1) is 23.0 Å². The summed E-state index contributed by atoms with van der Waals surface area (Å²) in [5.41, 5.74) is 1.06. The molecule has 2 aromatic carbocycles. The number of H-pyrrole nitrogens is 1. The summed E-state index contributed by atoms with van der Waals surface area (Å²) in [4.78, 5) is 27.5. The van der Waals surface area contributed by atoms with Gasteiger partial charge in [-0.05, 0) is 24.3 Å². The van der Waals surface area contributed by atoms with Crippen LogP contribution >= 0.6 is 0 Å². The number of imidazole rings is 1. The summed E-state index contributed by atoms with van der Waals surface area (Å²) < 4.78 is 38.9. The van der Waals surface area contributed by atoms with Crippen molar-refractivity contribution >= 4 is 22.6 Å². The molecule has 0 bridgehead atoms. The van der Waals surface area contributed by atoms with Gasteiger partial charge in [-0.1, -0.05) is 18.2 Å². The third-order valence-electron chi connectivity index (χ3n) is 4.02. The number of alkyl halides is 3. The highest BCUT2D eigenvalue weighted by Gasteiger charge is 2.30. The van der Waals surface area contributed by atoms with E-state index in [1.807, 2.05) is 0 Å². The molecule has 4 rings (SSSR count). The topological polar surface area (TPSA) is 83.6 Å². The maximum absolute atomic E-state index is 13.0. The van der Waals surface area contributed by atoms with E-state index in [2.05, 4.69) is 25.3 Å². The van der Waals surface area contributed by atoms with Crippen LogP contribution in [0.4, 0.5) is 18.9 Å². The van der Waals surface area contributed by atoms with Crippen LogP contribution in [-0.2, 0) is 6.18 Å². The van der Waals surface area contributed by atoms with Gasteiger partial charge in [-0.2, -0.15) is 13.2 Å². The van der Waals surface area contributed by atoms with Crippen LogP contribution in [0.5, 0.6) is 0 Å². The van der Waals surface area contributed by atoms with Crippen LogP contribution in [0.15, 0.2) is 61.1 Å². The van der Waals surface area contributed by atoms with Gasteiger partial charge in [0.25, 0.3) is 5.91 Å². The number of hydrogen-bond acceptors (Lipinski definition) is 4. The smallest absolute Gasteiger partial charge is 0.338 e. The lowest BCUT2D eigenvalue weighted by molar-refractivity contribution is -0.137. The molecule has 0 spiro atoms. The number of hydrogen-bond donors (Lipinski definition) is 2. The molecule has 6 nitrogen and oxygen atoms in total. The molecule has 0 unspecified atom stereocenters. The molecule has 2 N–H and O–H groups in total. The van der Waals surface area contributed by atoms with E-state index in [0.29, 0.717) is 16.7 Å². The first kappa shape index (κ1) is 17.7. The van der Waals surface area contributed by atoms with Crippen LogP contribution in [0.3, 0.4) is 0 Å². The maximum atomic E-state index is 13.0. The molecule has 0 saturated heterocycles. The minimum atomic E-state index is -4.45. The van der Waals surface area contributed by atoms with Crippen LogP contribution in [0.2, 0.25) is 0 Å². The SMILES string of the molecule is O=C(Nc1cccc2[nH]c(-c3cccc(C(F)(F)F)c3)nc12)c1cnccn1. The van der Waals surface area contributed by atoms with E-state index in [-0.39, 0.29) is 17.1 Å². The number of aromatic nitrogens is 4. The number of carbonyl (C=O) groups is 1. The van der Waals surface area contributed by atoms with E-state index < -0.39 is 17.6 Å². The second-order valence-electron chi connectivity index (χ2n) is 5.91. The van der Waals surface area contributed by atoms with Gasteiger partial charge in [-0.3, -0.25) is 9.78 Å². The normalized spacial score (nSPS) is 11.5. The van der Waals surface area contributed by atoms with E-state index in [9.17, 15) is 18.0 Å². The molecular weight excluding hydrogens is 371 g/mol. The Hall–Kier alpha value is -3.75. The Kier molecular flexibility index (Phi) is 4.26. The number of nitrogens with zero attached hydrogens (tertiary/aromatic N) is 3. The highest BCUT2D eigenvalue weighted by Crippen LogP contribution is 2.32. The van der Waals surface area contributed by atoms with Crippen molar-refractivity contribution in [3.05, 3.63) is 72.3 Å². The highest BCUT2D eigenvalue weighted by atomic mass is 19.4. The third kappa shape index (κ3) is 3.41. The number of nitrogens with one attached hydrogen (secondary N) is 2. The standard InChI is InChI=1S/C19H12F3N5O/c20-19(21,22)12-4-1-3-11(9-12)17-25-13-5-2-6-14(16(13)27-17)26-18(28)15-10-23-7-8-24-15/h1-10H,(H,25,27)(H,26,28). The van der Waals surface area contributed by atoms with Crippen molar-refractivity contribution in [3.8, 4) is 11.4 Å². The largest absolute Gasteiger partial charge is 0.416 e. The van der Waals surface area contributed by atoms with Gasteiger partial charge in [0, 0.05) is 18.0 Å². The number of carbonyl (C=O) groups excluding carboxylic acids is 1. The number of anilines is 1. The molecule has 0 aliphatic carbocycles. The van der Waals surface area contributed by atoms with Crippen molar-refractivity contribution in [3.63, 3.8) is 0 Å². The quantitative estimate of drug-likeness (QED) is 0.553. The summed E-state index contributed by atoms with van der Waals surface area (Å²) in [6, 6.07) is 9.94. The van der Waals surface area contributed by atoms with Crippen LogP contribution in [0.25, 0.3) is 22.4 Å². The lowest BCUT2D eigenvalue weighted by Gasteiger charge is -2.07. The van der Waals surface area contributed by atoms with Crippen LogP contribution in [0, 0.1) is 0 Å². The molecule has 2 heterocycles. The van der Waals surface area contributed by atoms with E-state index in [4.69, 9.17) is 0 Å². The molecule has 0 radical (unpaired) electrons. The van der Waals surface area contributed by atoms with Crippen molar-refractivity contribution in [2.75, 3.05) is 5.32 Å². The van der Waals surface area contributed by atoms with Crippen molar-refractivity contribution in [2.45, 2.75) is 6.18 Å². The Balaban J connectivity index is 1.71. The Labute approximate surface area is 156 Å². The Bertz CT molecular complexity index is 1160. The number of fused-ring (bicyclic) bond motifs is 1. The minimum Gasteiger partial charge on any atom is -0.338 e. The van der Waals surface area contributed by atoms with Crippen molar-refractivity contribution < 1.29 is 18.0 Å². The lowest BCUT2D eigenvalue weighted by atomic mass is 10.1. The van der Waals surface area contributed by atoms with Gasteiger partial charge < -0.3 is 10.3 Å². The molecule has 0 fully saturated rings. The zero-order chi connectivity index (χ0) is 19.7. The summed E-state index contributed by atoms with van der Waals surface area (Å²) in [7, 11) is 0. The first-order valence-electron chi connectivity index (χ1n) is 8.15. The number of amides is 1. The summed E-state index contributed by atoms with van der Waals surface area (Å²) in [5, 5.41) is 2.70. The zero-order valence-electron chi connectivity index (χ0n) is 14.2. The van der Waals surface area contributed by atoms with E-state index >= 15 is 0 Å². The van der Waals surface area contributed by atoms with Gasteiger partial charge in [-0.25, -0.2) is 9.97 Å². The Morgan fingerprint density at radius 2 is 1.89 bits per heavy atom. The van der Waals surface area contributed by atoms with Gasteiger partial charge in [0.1, 0.15) is 17.0 Å². The number of aromatic amines is 1. The summed E-state index contributed by atoms with van der Waals surface area (Å²) in [6.07, 6.45) is -0.270. The fourth-order valence-electron chi connectivity index (χ4n) is 2.72. The van der Waals surface area contributed by atoms with Crippen molar-refractivity contribution in [1.82, 2.24) is 19.9 Å². The summed E-state index contributed by atoms with van der Waals surface area (Å²) >= 11 is 0. The van der Waals surface area contributed by atoms with Crippen LogP contribution in [-0.4, -0.2) is 25.8 Å². The predicted octanol–water partition coefficient (Wildman–Crippen LogP) is 4.29. The first-order chi connectivity index (χ1) is 13.4. The first-order valence-corrected chi connectivity index (χ1v) is 8.15. The van der Waals surface area contributed by atoms with Crippen molar-refractivity contribution in [1.29, 1.82) is 0 Å². The van der Waals surface area contributed by atoms with Gasteiger partial charge >= 0.3 is 6.18 Å². The van der Waals surface area contributed by atoms with E-state index in [1.165, 1.54) is 30.7 Å². The second-order valence-corrected chi connectivity index (χ2v) is 5.91. The Morgan fingerprint density at radius 3 is 2.64 bits per heavy atom. The molecule has 9 heteroatoms. The number of rotatable bonds is 3. The number of benzene rings is 2. The molecule has 1 amide bonds. The number of halogens is 3. The summed E-state index contributed by atoms with van der Waals surface area (Å²) in [6.45, 7) is 0. The van der Waals surface area contributed by atoms with Crippen LogP contribution < -0.4 is 5.32 Å². The summed E-state index contributed by atoms with van der Waals surface area (Å²) in [5.74, 6) is -0.202. The van der Waals surface area contributed by atoms with Gasteiger partial charge in [-0.15, -0.1) is 0 Å². The van der Waals surface area contributed by atoms with Gasteiger partial charge in [0.15, 0.2) is 0 Å². The molecule has 0 aliphatic heterocycles. The number of para-hydroxylation sites is 1. The third-order valence-corrected chi connectivity index (χ3v) is 4.02. The molecule has 0 aliphatic rings. The molecule has 28 heavy (non-hydrogen) atoms. The molecular formula is C19H12F3N5O. The van der Waals surface area contributed by atoms with Crippen LogP contribution in [0.1, 0.15) is 16.1 Å². The molecule has 140 valence electrons. The van der Waals surface area contributed by atoms with Gasteiger partial charge in [0.2, 0.25) is 0 Å². The molecule has 0 saturated carbocycles. The zero-order valence-corrected chi connectivity index (χ0v) is 14.2. The van der Waals surface area contributed by atoms with Crippen molar-refractivity contribution in [2.24, 2.45) is 0 Å². The Morgan fingerprint density at radius 1 is 1.07 bits per heavy atom. The molecule has 2 aromatic heterocycles. The van der Waals surface area contributed by atoms with E-state index in [1.54, 1.807) is 18.2 Å². The predicted molar refractivity (Wildman–Crippen MR) is 96.5 cm³/mol. The molecule has 4 aromatic rings. The lowest BCUT2D eigenvalue weighted by Crippen LogP contribution is -2.14. The maximum Gasteiger partial charge on any atom is 0.416 e. The second kappa shape index (κ2) is 6.76. The fourth-order valence-corrected chi connectivity index (χ4v) is 2.72. The van der Waals surface area contributed by atoms with E-state index in [0.717, 1.165) is 12.1 Å².